The molecular weight excluding hydrogens is 315 g/mol. The average molecular weight is 330 g/mol. The lowest BCUT2D eigenvalue weighted by Crippen LogP contribution is -2.09. The molecule has 0 atom stereocenters. The molecule has 4 nitrogen and oxygen atoms in total. The Hall–Kier alpha value is -2.34. The first kappa shape index (κ1) is 15.6. The summed E-state index contributed by atoms with van der Waals surface area (Å²) in [5, 5.41) is 0. The number of carbonyl (C=O) groups excluding carboxylic acids is 1. The van der Waals surface area contributed by atoms with Crippen LogP contribution in [0.25, 0.3) is 5.52 Å². The summed E-state index contributed by atoms with van der Waals surface area (Å²) < 4.78 is 20.6. The maximum Gasteiger partial charge on any atom is 0.374 e. The zero-order chi connectivity index (χ0) is 16.2. The number of aromatic nitrogens is 2. The van der Waals surface area contributed by atoms with Gasteiger partial charge in [-0.15, -0.1) is 11.8 Å². The summed E-state index contributed by atoms with van der Waals surface area (Å²) in [6, 6.07) is 11.4. The highest BCUT2D eigenvalue weighted by Gasteiger charge is 2.16. The van der Waals surface area contributed by atoms with E-state index in [2.05, 4.69) is 4.98 Å². The fourth-order valence-corrected chi connectivity index (χ4v) is 3.09. The van der Waals surface area contributed by atoms with Gasteiger partial charge in [0.05, 0.1) is 12.8 Å². The van der Waals surface area contributed by atoms with Crippen LogP contribution in [0.4, 0.5) is 4.39 Å². The molecule has 0 aliphatic heterocycles. The third-order valence-corrected chi connectivity index (χ3v) is 4.31. The van der Waals surface area contributed by atoms with Crippen LogP contribution in [-0.4, -0.2) is 22.0 Å². The number of nitrogens with zero attached hydrogens (tertiary/aromatic N) is 2. The minimum Gasteiger partial charge on any atom is -0.460 e. The Morgan fingerprint density at radius 1 is 1.35 bits per heavy atom. The Morgan fingerprint density at radius 3 is 2.87 bits per heavy atom. The van der Waals surface area contributed by atoms with Gasteiger partial charge in [0.15, 0.2) is 0 Å². The van der Waals surface area contributed by atoms with E-state index in [1.165, 1.54) is 28.4 Å². The zero-order valence-corrected chi connectivity index (χ0v) is 13.3. The van der Waals surface area contributed by atoms with E-state index in [1.54, 1.807) is 13.1 Å². The van der Waals surface area contributed by atoms with Crippen LogP contribution in [0.15, 0.2) is 53.7 Å². The third kappa shape index (κ3) is 3.37. The highest BCUT2D eigenvalue weighted by Crippen LogP contribution is 2.25. The molecule has 0 fully saturated rings. The van der Waals surface area contributed by atoms with Crippen LogP contribution in [0.1, 0.15) is 23.1 Å². The fourth-order valence-electron chi connectivity index (χ4n) is 2.20. The Balaban J connectivity index is 1.89. The minimum atomic E-state index is -0.558. The number of esters is 1. The number of fused-ring (bicyclic) bond motifs is 1. The van der Waals surface area contributed by atoms with Crippen molar-refractivity contribution in [3.63, 3.8) is 0 Å². The SMILES string of the molecule is CCOC(=O)c1ncc2c(F)cc(SCc3ccccc3)cn12. The molecule has 0 N–H and O–H groups in total. The summed E-state index contributed by atoms with van der Waals surface area (Å²) in [4.78, 5) is 16.6. The van der Waals surface area contributed by atoms with Crippen molar-refractivity contribution in [3.05, 3.63) is 66.0 Å². The molecule has 2 aromatic heterocycles. The summed E-state index contributed by atoms with van der Waals surface area (Å²) >= 11 is 1.50. The third-order valence-electron chi connectivity index (χ3n) is 3.27. The van der Waals surface area contributed by atoms with E-state index in [9.17, 15) is 9.18 Å². The predicted octanol–water partition coefficient (Wildman–Crippen LogP) is 3.94. The lowest BCUT2D eigenvalue weighted by atomic mass is 10.2. The molecule has 3 aromatic rings. The van der Waals surface area contributed by atoms with Crippen LogP contribution in [0, 0.1) is 5.82 Å². The predicted molar refractivity (Wildman–Crippen MR) is 87.1 cm³/mol. The van der Waals surface area contributed by atoms with Gasteiger partial charge in [-0.05, 0) is 18.6 Å². The molecule has 0 spiro atoms. The zero-order valence-electron chi connectivity index (χ0n) is 12.5. The van der Waals surface area contributed by atoms with Crippen molar-refractivity contribution in [2.75, 3.05) is 6.61 Å². The van der Waals surface area contributed by atoms with Crippen LogP contribution < -0.4 is 0 Å². The number of halogens is 1. The Labute approximate surface area is 137 Å². The number of imidazole rings is 1. The fraction of sp³-hybridized carbons (Fsp3) is 0.176. The quantitative estimate of drug-likeness (QED) is 0.525. The van der Waals surface area contributed by atoms with Gasteiger partial charge < -0.3 is 4.74 Å². The van der Waals surface area contributed by atoms with Crippen molar-refractivity contribution in [1.82, 2.24) is 9.38 Å². The summed E-state index contributed by atoms with van der Waals surface area (Å²) in [7, 11) is 0. The van der Waals surface area contributed by atoms with Crippen molar-refractivity contribution in [3.8, 4) is 0 Å². The Bertz CT molecular complexity index is 833. The first-order valence-electron chi connectivity index (χ1n) is 7.19. The van der Waals surface area contributed by atoms with Gasteiger partial charge >= 0.3 is 5.97 Å². The molecular formula is C17H15FN2O2S. The minimum absolute atomic E-state index is 0.0860. The molecule has 0 unspecified atom stereocenters. The normalized spacial score (nSPS) is 10.9. The summed E-state index contributed by atoms with van der Waals surface area (Å²) in [5.74, 6) is -0.166. The molecule has 0 radical (unpaired) electrons. The van der Waals surface area contributed by atoms with Crippen LogP contribution in [0.3, 0.4) is 0 Å². The summed E-state index contributed by atoms with van der Waals surface area (Å²) in [5.41, 5.74) is 1.41. The van der Waals surface area contributed by atoms with E-state index >= 15 is 0 Å². The smallest absolute Gasteiger partial charge is 0.374 e. The second-order valence-corrected chi connectivity index (χ2v) is 5.90. The Morgan fingerprint density at radius 2 is 2.13 bits per heavy atom. The maximum atomic E-state index is 14.2. The number of pyridine rings is 1. The number of benzene rings is 1. The highest BCUT2D eigenvalue weighted by atomic mass is 32.2. The van der Waals surface area contributed by atoms with Gasteiger partial charge in [0.1, 0.15) is 11.3 Å². The lowest BCUT2D eigenvalue weighted by molar-refractivity contribution is 0.0511. The number of hydrogen-bond donors (Lipinski definition) is 0. The summed E-state index contributed by atoms with van der Waals surface area (Å²) in [6.45, 7) is 1.97. The number of carbonyl (C=O) groups is 1. The molecule has 0 saturated heterocycles. The molecule has 1 aromatic carbocycles. The Kier molecular flexibility index (Phi) is 4.62. The van der Waals surface area contributed by atoms with Gasteiger partial charge in [0.25, 0.3) is 0 Å². The van der Waals surface area contributed by atoms with Gasteiger partial charge in [0, 0.05) is 16.8 Å². The van der Waals surface area contributed by atoms with Crippen molar-refractivity contribution in [1.29, 1.82) is 0 Å². The van der Waals surface area contributed by atoms with E-state index < -0.39 is 11.8 Å². The molecule has 118 valence electrons. The second kappa shape index (κ2) is 6.83. The molecule has 0 aliphatic carbocycles. The van der Waals surface area contributed by atoms with Gasteiger partial charge in [0.2, 0.25) is 5.82 Å². The van der Waals surface area contributed by atoms with Gasteiger partial charge in [-0.3, -0.25) is 4.40 Å². The topological polar surface area (TPSA) is 43.6 Å². The van der Waals surface area contributed by atoms with Gasteiger partial charge in [-0.2, -0.15) is 0 Å². The number of hydrogen-bond acceptors (Lipinski definition) is 4. The molecule has 2 heterocycles. The van der Waals surface area contributed by atoms with Crippen LogP contribution >= 0.6 is 11.8 Å². The molecule has 23 heavy (non-hydrogen) atoms. The molecule has 3 rings (SSSR count). The van der Waals surface area contributed by atoms with Crippen molar-refractivity contribution >= 4 is 23.2 Å². The van der Waals surface area contributed by atoms with Crippen molar-refractivity contribution in [2.45, 2.75) is 17.6 Å². The molecule has 6 heteroatoms. The van der Waals surface area contributed by atoms with E-state index in [1.807, 2.05) is 30.3 Å². The number of thioether (sulfide) groups is 1. The monoisotopic (exact) mass is 330 g/mol. The molecule has 0 aliphatic rings. The van der Waals surface area contributed by atoms with Crippen LogP contribution in [-0.2, 0) is 10.5 Å². The molecule has 0 amide bonds. The first-order chi connectivity index (χ1) is 11.2. The molecule has 0 saturated carbocycles. The first-order valence-corrected chi connectivity index (χ1v) is 8.18. The molecule has 0 bridgehead atoms. The number of rotatable bonds is 5. The van der Waals surface area contributed by atoms with Gasteiger partial charge in [-0.1, -0.05) is 30.3 Å². The van der Waals surface area contributed by atoms with Gasteiger partial charge in [-0.25, -0.2) is 14.2 Å². The second-order valence-electron chi connectivity index (χ2n) is 4.86. The van der Waals surface area contributed by atoms with E-state index in [-0.39, 0.29) is 17.9 Å². The summed E-state index contributed by atoms with van der Waals surface area (Å²) in [6.07, 6.45) is 3.05. The number of ether oxygens (including phenoxy) is 1. The largest absolute Gasteiger partial charge is 0.460 e. The standard InChI is InChI=1S/C17H15FN2O2S/c1-2-22-17(21)16-19-9-15-14(18)8-13(10-20(15)16)23-11-12-6-4-3-5-7-12/h3-10H,2,11H2,1H3. The lowest BCUT2D eigenvalue weighted by Gasteiger charge is -2.06. The highest BCUT2D eigenvalue weighted by molar-refractivity contribution is 7.98. The van der Waals surface area contributed by atoms with E-state index in [0.717, 1.165) is 16.2 Å². The van der Waals surface area contributed by atoms with Crippen LogP contribution in [0.2, 0.25) is 0 Å². The van der Waals surface area contributed by atoms with Crippen molar-refractivity contribution in [2.24, 2.45) is 0 Å². The van der Waals surface area contributed by atoms with Crippen LogP contribution in [0.5, 0.6) is 0 Å². The van der Waals surface area contributed by atoms with E-state index in [4.69, 9.17) is 4.74 Å². The maximum absolute atomic E-state index is 14.2. The van der Waals surface area contributed by atoms with Crippen molar-refractivity contribution < 1.29 is 13.9 Å². The van der Waals surface area contributed by atoms with E-state index in [0.29, 0.717) is 0 Å². The average Bonchev–Trinajstić information content (AvgIpc) is 2.99.